The number of allylic oxidation sites excluding steroid dienone is 1. The molecule has 3 fully saturated rings. The van der Waals surface area contributed by atoms with Crippen molar-refractivity contribution < 1.29 is 9.53 Å². The molecular weight excluding hydrogens is 387 g/mol. The fourth-order valence-corrected chi connectivity index (χ4v) is 6.24. The minimum atomic E-state index is -0.180. The highest BCUT2D eigenvalue weighted by atomic mass is 127. The average Bonchev–Trinajstić information content (AvgIpc) is 2.98. The number of ether oxygens (including phenoxy) is 1. The van der Waals surface area contributed by atoms with Crippen LogP contribution in [0.3, 0.4) is 0 Å². The molecule has 0 aromatic carbocycles. The molecule has 0 bridgehead atoms. The molecular formula is C19H27IO2. The number of fused-ring (bicyclic) bond motifs is 1. The quantitative estimate of drug-likeness (QED) is 0.350. The molecule has 3 heteroatoms. The molecule has 0 N–H and O–H groups in total. The summed E-state index contributed by atoms with van der Waals surface area (Å²) < 4.78 is 7.81. The van der Waals surface area contributed by atoms with Crippen LogP contribution in [0.15, 0.2) is 21.8 Å². The highest BCUT2D eigenvalue weighted by Gasteiger charge is 2.51. The van der Waals surface area contributed by atoms with Crippen molar-refractivity contribution in [1.82, 2.24) is 0 Å². The monoisotopic (exact) mass is 414 g/mol. The van der Waals surface area contributed by atoms with Gasteiger partial charge in [-0.2, -0.15) is 0 Å². The van der Waals surface area contributed by atoms with Crippen LogP contribution in [0.1, 0.15) is 58.8 Å². The van der Waals surface area contributed by atoms with Gasteiger partial charge in [-0.3, -0.25) is 0 Å². The van der Waals surface area contributed by atoms with E-state index in [1.54, 1.807) is 5.57 Å². The van der Waals surface area contributed by atoms with Crippen molar-refractivity contribution in [3.8, 4) is 0 Å². The van der Waals surface area contributed by atoms with E-state index in [4.69, 9.17) is 4.74 Å². The first-order chi connectivity index (χ1) is 10.5. The summed E-state index contributed by atoms with van der Waals surface area (Å²) in [6.45, 7) is 8.70. The van der Waals surface area contributed by atoms with Gasteiger partial charge in [-0.15, -0.1) is 0 Å². The molecule has 2 nitrogen and oxygen atoms in total. The third kappa shape index (κ3) is 2.78. The van der Waals surface area contributed by atoms with Gasteiger partial charge in [0.2, 0.25) is 0 Å². The molecule has 122 valence electrons. The van der Waals surface area contributed by atoms with E-state index in [-0.39, 0.29) is 12.1 Å². The van der Waals surface area contributed by atoms with Crippen LogP contribution in [0.25, 0.3) is 0 Å². The second-order valence-electron chi connectivity index (χ2n) is 7.83. The number of hydrogen-bond donors (Lipinski definition) is 0. The molecule has 1 unspecified atom stereocenters. The summed E-state index contributed by atoms with van der Waals surface area (Å²) in [6, 6.07) is 0. The van der Waals surface area contributed by atoms with Gasteiger partial charge < -0.3 is 4.74 Å². The second-order valence-corrected chi connectivity index (χ2v) is 8.45. The van der Waals surface area contributed by atoms with Crippen LogP contribution in [0.2, 0.25) is 0 Å². The standard InChI is InChI=1S/C19H27IO2/c1-12(9-15-10-13(2)18(21)22-15)16-6-7-17-14(11-20)5-4-8-19(16,17)3/h11-12,15-17H,2,4-10H2,1,3H3/t12-,15-,16-,17?,19-/m1/s1. The van der Waals surface area contributed by atoms with Crippen LogP contribution in [-0.2, 0) is 9.53 Å². The Morgan fingerprint density at radius 2 is 2.27 bits per heavy atom. The van der Waals surface area contributed by atoms with E-state index in [9.17, 15) is 4.79 Å². The zero-order chi connectivity index (χ0) is 15.9. The largest absolute Gasteiger partial charge is 0.459 e. The van der Waals surface area contributed by atoms with E-state index < -0.39 is 0 Å². The molecule has 3 rings (SSSR count). The first-order valence-electron chi connectivity index (χ1n) is 8.63. The minimum Gasteiger partial charge on any atom is -0.459 e. The van der Waals surface area contributed by atoms with Gasteiger partial charge in [0.15, 0.2) is 0 Å². The lowest BCUT2D eigenvalue weighted by Gasteiger charge is -2.44. The molecule has 0 spiro atoms. The summed E-state index contributed by atoms with van der Waals surface area (Å²) in [5.41, 5.74) is 2.79. The Morgan fingerprint density at radius 1 is 1.50 bits per heavy atom. The molecule has 0 radical (unpaired) electrons. The number of cyclic esters (lactones) is 1. The van der Waals surface area contributed by atoms with Gasteiger partial charge in [0.1, 0.15) is 6.10 Å². The normalized spacial score (nSPS) is 41.6. The summed E-state index contributed by atoms with van der Waals surface area (Å²) in [5, 5.41) is 0. The maximum atomic E-state index is 11.5. The molecule has 5 atom stereocenters. The number of esters is 1. The van der Waals surface area contributed by atoms with E-state index in [2.05, 4.69) is 47.1 Å². The topological polar surface area (TPSA) is 26.3 Å². The fraction of sp³-hybridized carbons (Fsp3) is 0.737. The van der Waals surface area contributed by atoms with E-state index in [1.807, 2.05) is 0 Å². The maximum absolute atomic E-state index is 11.5. The zero-order valence-electron chi connectivity index (χ0n) is 13.7. The number of hydrogen-bond acceptors (Lipinski definition) is 2. The van der Waals surface area contributed by atoms with Crippen molar-refractivity contribution in [2.75, 3.05) is 0 Å². The van der Waals surface area contributed by atoms with Crippen molar-refractivity contribution >= 4 is 28.6 Å². The average molecular weight is 414 g/mol. The highest BCUT2D eigenvalue weighted by Crippen LogP contribution is 2.60. The smallest absolute Gasteiger partial charge is 0.333 e. The highest BCUT2D eigenvalue weighted by molar-refractivity contribution is 14.1. The predicted molar refractivity (Wildman–Crippen MR) is 97.7 cm³/mol. The van der Waals surface area contributed by atoms with Crippen LogP contribution in [0, 0.1) is 23.2 Å². The lowest BCUT2D eigenvalue weighted by molar-refractivity contribution is -0.139. The van der Waals surface area contributed by atoms with Crippen LogP contribution in [-0.4, -0.2) is 12.1 Å². The van der Waals surface area contributed by atoms with E-state index in [0.29, 0.717) is 16.9 Å². The molecule has 0 amide bonds. The van der Waals surface area contributed by atoms with Crippen molar-refractivity contribution in [1.29, 1.82) is 0 Å². The molecule has 2 aliphatic carbocycles. The summed E-state index contributed by atoms with van der Waals surface area (Å²) >= 11 is 2.43. The molecule has 3 aliphatic rings. The van der Waals surface area contributed by atoms with Crippen LogP contribution >= 0.6 is 22.6 Å². The van der Waals surface area contributed by atoms with Crippen molar-refractivity contribution in [2.24, 2.45) is 23.2 Å². The van der Waals surface area contributed by atoms with Crippen molar-refractivity contribution in [2.45, 2.75) is 64.9 Å². The first-order valence-corrected chi connectivity index (χ1v) is 9.88. The van der Waals surface area contributed by atoms with E-state index in [1.165, 1.54) is 32.1 Å². The van der Waals surface area contributed by atoms with Gasteiger partial charge in [-0.05, 0) is 65.8 Å². The predicted octanol–water partition coefficient (Wildman–Crippen LogP) is 5.42. The molecule has 1 heterocycles. The van der Waals surface area contributed by atoms with Gasteiger partial charge in [-0.1, -0.05) is 48.6 Å². The molecule has 2 saturated carbocycles. The number of rotatable bonds is 3. The number of halogens is 1. The molecule has 0 aromatic heterocycles. The second kappa shape index (κ2) is 6.29. The van der Waals surface area contributed by atoms with Gasteiger partial charge in [0, 0.05) is 12.0 Å². The lowest BCUT2D eigenvalue weighted by atomic mass is 9.61. The fourth-order valence-electron chi connectivity index (χ4n) is 5.49. The van der Waals surface area contributed by atoms with E-state index in [0.717, 1.165) is 24.7 Å². The maximum Gasteiger partial charge on any atom is 0.333 e. The van der Waals surface area contributed by atoms with Crippen LogP contribution in [0.4, 0.5) is 0 Å². The van der Waals surface area contributed by atoms with Gasteiger partial charge in [-0.25, -0.2) is 4.79 Å². The molecule has 1 aliphatic heterocycles. The Balaban J connectivity index is 1.69. The third-order valence-corrected chi connectivity index (χ3v) is 7.34. The number of carbonyl (C=O) groups excluding carboxylic acids is 1. The van der Waals surface area contributed by atoms with Gasteiger partial charge in [0.05, 0.1) is 0 Å². The Kier molecular flexibility index (Phi) is 4.73. The SMILES string of the molecule is C=C1C[C@@H](C[C@@H](C)[C@H]2CCC3C(=CI)CCC[C@@]32C)OC1=O. The summed E-state index contributed by atoms with van der Waals surface area (Å²) in [4.78, 5) is 11.5. The molecule has 22 heavy (non-hydrogen) atoms. The summed E-state index contributed by atoms with van der Waals surface area (Å²) in [5.74, 6) is 1.98. The minimum absolute atomic E-state index is 0.0702. The Bertz CT molecular complexity index is 494. The van der Waals surface area contributed by atoms with Crippen molar-refractivity contribution in [3.05, 3.63) is 21.8 Å². The van der Waals surface area contributed by atoms with Crippen molar-refractivity contribution in [3.63, 3.8) is 0 Å². The third-order valence-electron chi connectivity index (χ3n) is 6.54. The number of carbonyl (C=O) groups is 1. The zero-order valence-corrected chi connectivity index (χ0v) is 15.9. The van der Waals surface area contributed by atoms with Gasteiger partial charge >= 0.3 is 5.97 Å². The Morgan fingerprint density at radius 3 is 2.91 bits per heavy atom. The van der Waals surface area contributed by atoms with E-state index >= 15 is 0 Å². The first kappa shape index (κ1) is 16.5. The van der Waals surface area contributed by atoms with Crippen LogP contribution in [0.5, 0.6) is 0 Å². The summed E-state index contributed by atoms with van der Waals surface area (Å²) in [7, 11) is 0. The Hall–Kier alpha value is -0.320. The molecule has 1 saturated heterocycles. The van der Waals surface area contributed by atoms with Crippen LogP contribution < -0.4 is 0 Å². The molecule has 0 aromatic rings. The lowest BCUT2D eigenvalue weighted by Crippen LogP contribution is -2.36. The Labute approximate surface area is 147 Å². The summed E-state index contributed by atoms with van der Waals surface area (Å²) in [6.07, 6.45) is 8.47. The van der Waals surface area contributed by atoms with Gasteiger partial charge in [0.25, 0.3) is 0 Å².